The van der Waals surface area contributed by atoms with Gasteiger partial charge in [0.05, 0.1) is 13.2 Å². The van der Waals surface area contributed by atoms with Gasteiger partial charge in [0, 0.05) is 43.0 Å². The van der Waals surface area contributed by atoms with E-state index in [1.807, 2.05) is 49.5 Å². The van der Waals surface area contributed by atoms with Crippen molar-refractivity contribution in [2.24, 2.45) is 0 Å². The molecule has 32 heavy (non-hydrogen) atoms. The Labute approximate surface area is 194 Å². The largest absolute Gasteiger partial charge is 0.489 e. The van der Waals surface area contributed by atoms with Gasteiger partial charge < -0.3 is 19.3 Å². The second-order valence-electron chi connectivity index (χ2n) is 7.87. The summed E-state index contributed by atoms with van der Waals surface area (Å²) in [7, 11) is 1.82. The maximum absolute atomic E-state index is 13.0. The molecule has 0 saturated carbocycles. The van der Waals surface area contributed by atoms with Crippen molar-refractivity contribution in [3.8, 4) is 5.75 Å². The van der Waals surface area contributed by atoms with Gasteiger partial charge in [-0.05, 0) is 53.6 Å². The molecule has 6 heteroatoms. The molecule has 0 N–H and O–H groups in total. The van der Waals surface area contributed by atoms with Crippen molar-refractivity contribution >= 4 is 23.2 Å². The monoisotopic (exact) mass is 450 g/mol. The molecular formula is C26H27ClN2O3. The molecule has 5 nitrogen and oxygen atoms in total. The standard InChI is InChI=1S/C26H27ClN2O3/c1-28(18-20-8-10-24(11-9-20)29-12-14-31-15-13-29)26(30)22-5-3-7-25(17-22)32-19-21-4-2-6-23(27)16-21/h2-11,16-17H,12-15,18-19H2,1H3. The Bertz CT molecular complexity index is 1050. The molecule has 3 aromatic rings. The number of rotatable bonds is 7. The van der Waals surface area contributed by atoms with Crippen molar-refractivity contribution in [1.29, 1.82) is 0 Å². The molecule has 1 saturated heterocycles. The lowest BCUT2D eigenvalue weighted by Crippen LogP contribution is -2.36. The molecule has 1 fully saturated rings. The number of benzene rings is 3. The van der Waals surface area contributed by atoms with Crippen LogP contribution in [0.1, 0.15) is 21.5 Å². The maximum Gasteiger partial charge on any atom is 0.254 e. The van der Waals surface area contributed by atoms with E-state index in [9.17, 15) is 4.79 Å². The van der Waals surface area contributed by atoms with Crippen LogP contribution < -0.4 is 9.64 Å². The average Bonchev–Trinajstić information content (AvgIpc) is 2.83. The number of morpholine rings is 1. The van der Waals surface area contributed by atoms with Gasteiger partial charge in [-0.1, -0.05) is 41.9 Å². The van der Waals surface area contributed by atoms with Crippen LogP contribution in [0, 0.1) is 0 Å². The molecule has 1 heterocycles. The molecule has 4 rings (SSSR count). The van der Waals surface area contributed by atoms with Crippen molar-refractivity contribution in [1.82, 2.24) is 4.90 Å². The van der Waals surface area contributed by atoms with Crippen molar-refractivity contribution in [3.63, 3.8) is 0 Å². The summed E-state index contributed by atoms with van der Waals surface area (Å²) >= 11 is 6.03. The average molecular weight is 451 g/mol. The lowest BCUT2D eigenvalue weighted by atomic mass is 10.1. The number of halogens is 1. The number of amides is 1. The van der Waals surface area contributed by atoms with Gasteiger partial charge in [-0.3, -0.25) is 4.79 Å². The van der Waals surface area contributed by atoms with E-state index >= 15 is 0 Å². The lowest BCUT2D eigenvalue weighted by molar-refractivity contribution is 0.0784. The molecule has 0 aromatic heterocycles. The van der Waals surface area contributed by atoms with Gasteiger partial charge in [0.2, 0.25) is 0 Å². The number of carbonyl (C=O) groups is 1. The van der Waals surface area contributed by atoms with Crippen LogP contribution in [-0.2, 0) is 17.9 Å². The maximum atomic E-state index is 13.0. The first-order valence-corrected chi connectivity index (χ1v) is 11.1. The third-order valence-electron chi connectivity index (χ3n) is 5.45. The Balaban J connectivity index is 1.35. The number of anilines is 1. The fraction of sp³-hybridized carbons (Fsp3) is 0.269. The van der Waals surface area contributed by atoms with Crippen molar-refractivity contribution in [2.75, 3.05) is 38.3 Å². The van der Waals surface area contributed by atoms with Gasteiger partial charge >= 0.3 is 0 Å². The summed E-state index contributed by atoms with van der Waals surface area (Å²) in [5, 5.41) is 0.676. The summed E-state index contributed by atoms with van der Waals surface area (Å²) < 4.78 is 11.3. The van der Waals surface area contributed by atoms with Gasteiger partial charge in [0.1, 0.15) is 12.4 Å². The van der Waals surface area contributed by atoms with Gasteiger partial charge in [-0.2, -0.15) is 0 Å². The Morgan fingerprint density at radius 3 is 2.50 bits per heavy atom. The molecule has 166 valence electrons. The Morgan fingerprint density at radius 2 is 1.75 bits per heavy atom. The van der Waals surface area contributed by atoms with Crippen LogP contribution in [0.5, 0.6) is 5.75 Å². The minimum atomic E-state index is -0.0459. The van der Waals surface area contributed by atoms with Crippen LogP contribution >= 0.6 is 11.6 Å². The van der Waals surface area contributed by atoms with E-state index in [1.54, 1.807) is 11.0 Å². The number of ether oxygens (including phenoxy) is 2. The zero-order valence-corrected chi connectivity index (χ0v) is 18.9. The highest BCUT2D eigenvalue weighted by Crippen LogP contribution is 2.20. The van der Waals surface area contributed by atoms with E-state index in [2.05, 4.69) is 29.2 Å². The highest BCUT2D eigenvalue weighted by atomic mass is 35.5. The van der Waals surface area contributed by atoms with E-state index in [-0.39, 0.29) is 5.91 Å². The molecule has 1 aliphatic heterocycles. The molecule has 1 amide bonds. The number of hydrogen-bond acceptors (Lipinski definition) is 4. The zero-order valence-electron chi connectivity index (χ0n) is 18.2. The molecule has 0 unspecified atom stereocenters. The van der Waals surface area contributed by atoms with Gasteiger partial charge in [-0.15, -0.1) is 0 Å². The van der Waals surface area contributed by atoms with Crippen LogP contribution in [0.2, 0.25) is 5.02 Å². The lowest BCUT2D eigenvalue weighted by Gasteiger charge is -2.29. The molecule has 0 spiro atoms. The van der Waals surface area contributed by atoms with E-state index in [4.69, 9.17) is 21.1 Å². The third kappa shape index (κ3) is 5.81. The Morgan fingerprint density at radius 1 is 1.00 bits per heavy atom. The van der Waals surface area contributed by atoms with Crippen LogP contribution in [-0.4, -0.2) is 44.2 Å². The molecular weight excluding hydrogens is 424 g/mol. The molecule has 0 aliphatic carbocycles. The van der Waals surface area contributed by atoms with Crippen molar-refractivity contribution < 1.29 is 14.3 Å². The zero-order chi connectivity index (χ0) is 22.3. The predicted octanol–water partition coefficient (Wildman–Crippen LogP) is 5.03. The van der Waals surface area contributed by atoms with Crippen LogP contribution in [0.15, 0.2) is 72.8 Å². The molecule has 0 atom stereocenters. The minimum Gasteiger partial charge on any atom is -0.489 e. The van der Waals surface area contributed by atoms with Crippen LogP contribution in [0.4, 0.5) is 5.69 Å². The van der Waals surface area contributed by atoms with E-state index in [0.717, 1.165) is 37.4 Å². The molecule has 0 bridgehead atoms. The van der Waals surface area contributed by atoms with E-state index in [0.29, 0.717) is 29.5 Å². The predicted molar refractivity (Wildman–Crippen MR) is 127 cm³/mol. The van der Waals surface area contributed by atoms with Crippen molar-refractivity contribution in [2.45, 2.75) is 13.2 Å². The number of carbonyl (C=O) groups excluding carboxylic acids is 1. The quantitative estimate of drug-likeness (QED) is 0.506. The smallest absolute Gasteiger partial charge is 0.254 e. The first-order valence-electron chi connectivity index (χ1n) is 10.7. The third-order valence-corrected chi connectivity index (χ3v) is 5.69. The topological polar surface area (TPSA) is 42.0 Å². The van der Waals surface area contributed by atoms with Crippen molar-refractivity contribution in [3.05, 3.63) is 94.5 Å². The highest BCUT2D eigenvalue weighted by Gasteiger charge is 2.14. The summed E-state index contributed by atoms with van der Waals surface area (Å²) in [4.78, 5) is 17.0. The van der Waals surface area contributed by atoms with Gasteiger partial charge in [0.25, 0.3) is 5.91 Å². The summed E-state index contributed by atoms with van der Waals surface area (Å²) in [6, 6.07) is 23.2. The van der Waals surface area contributed by atoms with Gasteiger partial charge in [0.15, 0.2) is 0 Å². The summed E-state index contributed by atoms with van der Waals surface area (Å²) in [5.74, 6) is 0.606. The molecule has 0 radical (unpaired) electrons. The number of hydrogen-bond donors (Lipinski definition) is 0. The molecule has 3 aromatic carbocycles. The van der Waals surface area contributed by atoms with Gasteiger partial charge in [-0.25, -0.2) is 0 Å². The molecule has 1 aliphatic rings. The summed E-state index contributed by atoms with van der Waals surface area (Å²) in [5.41, 5.74) is 3.86. The summed E-state index contributed by atoms with van der Waals surface area (Å²) in [6.45, 7) is 4.28. The Kier molecular flexibility index (Phi) is 7.30. The minimum absolute atomic E-state index is 0.0459. The fourth-order valence-electron chi connectivity index (χ4n) is 3.71. The first kappa shape index (κ1) is 22.2. The second kappa shape index (κ2) is 10.5. The normalized spacial score (nSPS) is 13.6. The SMILES string of the molecule is CN(Cc1ccc(N2CCOCC2)cc1)C(=O)c1cccc(OCc2cccc(Cl)c2)c1. The first-order chi connectivity index (χ1) is 15.6. The van der Waals surface area contributed by atoms with E-state index in [1.165, 1.54) is 5.69 Å². The summed E-state index contributed by atoms with van der Waals surface area (Å²) in [6.07, 6.45) is 0. The Hall–Kier alpha value is -3.02. The fourth-order valence-corrected chi connectivity index (χ4v) is 3.92. The van der Waals surface area contributed by atoms with Crippen LogP contribution in [0.3, 0.4) is 0 Å². The highest BCUT2D eigenvalue weighted by molar-refractivity contribution is 6.30. The van der Waals surface area contributed by atoms with Crippen LogP contribution in [0.25, 0.3) is 0 Å². The van der Waals surface area contributed by atoms with E-state index < -0.39 is 0 Å². The number of nitrogens with zero attached hydrogens (tertiary/aromatic N) is 2. The second-order valence-corrected chi connectivity index (χ2v) is 8.31.